The lowest BCUT2D eigenvalue weighted by Gasteiger charge is -2.14. The molecule has 3 amide bonds. The van der Waals surface area contributed by atoms with Crippen LogP contribution < -0.4 is 20.9 Å². The molecule has 3 aromatic carbocycles. The number of carbonyl (C=O) groups excluding carboxylic acids is 2. The zero-order valence-corrected chi connectivity index (χ0v) is 24.5. The maximum absolute atomic E-state index is 14.8. The summed E-state index contributed by atoms with van der Waals surface area (Å²) in [5.74, 6) is -2.84. The van der Waals surface area contributed by atoms with Crippen molar-refractivity contribution in [3.8, 4) is 11.1 Å². The number of aromatic amines is 1. The Labute approximate surface area is 254 Å². The lowest BCUT2D eigenvalue weighted by molar-refractivity contribution is 0.0974. The second-order valence-corrected chi connectivity index (χ2v) is 11.7. The number of benzene rings is 3. The van der Waals surface area contributed by atoms with Crippen LogP contribution in [0.4, 0.5) is 19.3 Å². The van der Waals surface area contributed by atoms with Crippen molar-refractivity contribution in [2.45, 2.75) is 18.4 Å². The van der Waals surface area contributed by atoms with E-state index in [1.807, 2.05) is 4.72 Å². The lowest BCUT2D eigenvalue weighted by Crippen LogP contribution is -2.33. The molecule has 0 atom stereocenters. The smallest absolute Gasteiger partial charge is 0.319 e. The second-order valence-electron chi connectivity index (χ2n) is 9.57. The van der Waals surface area contributed by atoms with Gasteiger partial charge in [0.15, 0.2) is 0 Å². The standard InChI is InChI=1S/C30H24ClF2N5O5S/c1-2-34-30(41)36-20-5-3-6-21(15-20)44(42,43)37-29(40)27-26(22-7-4-12-35-28(22)39)23-13-18(31)9-11-25(23)38(27)16-17-8-10-19(32)14-24(17)33/h3-15H,2,16H2,1H3,(H,35,39)(H,37,40)(H2,34,36,41). The Balaban J connectivity index is 1.67. The Hall–Kier alpha value is -5.01. The first kappa shape index (κ1) is 30.4. The molecule has 0 aliphatic heterocycles. The van der Waals surface area contributed by atoms with Gasteiger partial charge in [0.2, 0.25) is 0 Å². The Kier molecular flexibility index (Phi) is 8.52. The first-order valence-corrected chi connectivity index (χ1v) is 15.0. The van der Waals surface area contributed by atoms with Crippen molar-refractivity contribution in [2.75, 3.05) is 11.9 Å². The minimum absolute atomic E-state index is 0.00666. The third kappa shape index (κ3) is 6.19. The zero-order chi connectivity index (χ0) is 31.6. The molecular formula is C30H24ClF2N5O5S. The number of pyridine rings is 1. The highest BCUT2D eigenvalue weighted by Gasteiger charge is 2.29. The number of amides is 3. The van der Waals surface area contributed by atoms with E-state index in [0.717, 1.165) is 12.1 Å². The first-order valence-electron chi connectivity index (χ1n) is 13.1. The largest absolute Gasteiger partial charge is 0.338 e. The van der Waals surface area contributed by atoms with Gasteiger partial charge in [-0.2, -0.15) is 0 Å². The number of hydrogen-bond acceptors (Lipinski definition) is 5. The number of anilines is 1. The van der Waals surface area contributed by atoms with Gasteiger partial charge in [0.1, 0.15) is 17.3 Å². The van der Waals surface area contributed by atoms with Gasteiger partial charge in [-0.15, -0.1) is 0 Å². The van der Waals surface area contributed by atoms with Gasteiger partial charge in [-0.25, -0.2) is 26.7 Å². The molecule has 0 spiro atoms. The molecule has 5 rings (SSSR count). The molecule has 2 heterocycles. The summed E-state index contributed by atoms with van der Waals surface area (Å²) in [5.41, 5.74) is -0.332. The number of urea groups is 1. The fraction of sp³-hybridized carbons (Fsp3) is 0.100. The molecule has 5 aromatic rings. The van der Waals surface area contributed by atoms with Crippen LogP contribution in [0.2, 0.25) is 5.02 Å². The van der Waals surface area contributed by atoms with E-state index in [1.165, 1.54) is 59.3 Å². The van der Waals surface area contributed by atoms with E-state index in [2.05, 4.69) is 15.6 Å². The number of fused-ring (bicyclic) bond motifs is 1. The SMILES string of the molecule is CCNC(=O)Nc1cccc(S(=O)(=O)NC(=O)c2c(-c3ccc[nH]c3=O)c3cc(Cl)ccc3n2Cc2ccc(F)cc2F)c1. The van der Waals surface area contributed by atoms with Crippen LogP contribution >= 0.6 is 11.6 Å². The Morgan fingerprint density at radius 1 is 1.00 bits per heavy atom. The van der Waals surface area contributed by atoms with Gasteiger partial charge in [-0.05, 0) is 61.5 Å². The maximum Gasteiger partial charge on any atom is 0.319 e. The number of halogens is 3. The predicted octanol–water partition coefficient (Wildman–Crippen LogP) is 5.24. The fourth-order valence-electron chi connectivity index (χ4n) is 4.74. The summed E-state index contributed by atoms with van der Waals surface area (Å²) < 4.78 is 58.8. The highest BCUT2D eigenvalue weighted by atomic mass is 35.5. The van der Waals surface area contributed by atoms with Crippen molar-refractivity contribution < 1.29 is 26.8 Å². The molecule has 4 N–H and O–H groups in total. The van der Waals surface area contributed by atoms with Gasteiger partial charge in [0.25, 0.3) is 21.5 Å². The van der Waals surface area contributed by atoms with E-state index in [1.54, 1.807) is 13.0 Å². The number of hydrogen-bond donors (Lipinski definition) is 4. The highest BCUT2D eigenvalue weighted by molar-refractivity contribution is 7.90. The number of nitrogens with one attached hydrogen (secondary N) is 4. The van der Waals surface area contributed by atoms with Crippen LogP contribution in [0.25, 0.3) is 22.0 Å². The van der Waals surface area contributed by atoms with E-state index in [0.29, 0.717) is 23.5 Å². The quantitative estimate of drug-likeness (QED) is 0.184. The van der Waals surface area contributed by atoms with Crippen LogP contribution in [0.15, 0.2) is 88.7 Å². The summed E-state index contributed by atoms with van der Waals surface area (Å²) in [7, 11) is -4.56. The van der Waals surface area contributed by atoms with Crippen LogP contribution in [-0.2, 0) is 16.6 Å². The number of nitrogens with zero attached hydrogens (tertiary/aromatic N) is 1. The number of H-pyrrole nitrogens is 1. The van der Waals surface area contributed by atoms with Crippen molar-refractivity contribution in [1.29, 1.82) is 0 Å². The molecule has 0 unspecified atom stereocenters. The average molecular weight is 640 g/mol. The summed E-state index contributed by atoms with van der Waals surface area (Å²) in [4.78, 5) is 41.1. The van der Waals surface area contributed by atoms with E-state index in [4.69, 9.17) is 11.6 Å². The van der Waals surface area contributed by atoms with E-state index >= 15 is 0 Å². The van der Waals surface area contributed by atoms with Crippen molar-refractivity contribution in [3.63, 3.8) is 0 Å². The minimum Gasteiger partial charge on any atom is -0.338 e. The molecule has 226 valence electrons. The molecule has 10 nitrogen and oxygen atoms in total. The predicted molar refractivity (Wildman–Crippen MR) is 162 cm³/mol. The van der Waals surface area contributed by atoms with Gasteiger partial charge in [0, 0.05) is 57.1 Å². The molecule has 0 saturated heterocycles. The summed E-state index contributed by atoms with van der Waals surface area (Å²) in [5, 5.41) is 5.60. The fourth-order valence-corrected chi connectivity index (χ4v) is 5.92. The number of aromatic nitrogens is 2. The number of rotatable bonds is 8. The van der Waals surface area contributed by atoms with Gasteiger partial charge in [-0.3, -0.25) is 9.59 Å². The molecule has 14 heteroatoms. The molecule has 0 saturated carbocycles. The number of sulfonamides is 1. The third-order valence-electron chi connectivity index (χ3n) is 6.64. The average Bonchev–Trinajstić information content (AvgIpc) is 3.27. The molecule has 0 radical (unpaired) electrons. The normalized spacial score (nSPS) is 11.4. The Morgan fingerprint density at radius 2 is 1.80 bits per heavy atom. The molecule has 2 aromatic heterocycles. The lowest BCUT2D eigenvalue weighted by atomic mass is 10.0. The van der Waals surface area contributed by atoms with E-state index < -0.39 is 39.2 Å². The molecular weight excluding hydrogens is 616 g/mol. The topological polar surface area (TPSA) is 142 Å². The molecule has 0 aliphatic rings. The van der Waals surface area contributed by atoms with E-state index in [-0.39, 0.29) is 44.5 Å². The summed E-state index contributed by atoms with van der Waals surface area (Å²) in [6.07, 6.45) is 1.39. The Morgan fingerprint density at radius 3 is 2.52 bits per heavy atom. The summed E-state index contributed by atoms with van der Waals surface area (Å²) >= 11 is 6.29. The number of carbonyl (C=O) groups is 2. The van der Waals surface area contributed by atoms with Crippen LogP contribution in [0.5, 0.6) is 0 Å². The third-order valence-corrected chi connectivity index (χ3v) is 8.20. The summed E-state index contributed by atoms with van der Waals surface area (Å²) in [6, 6.07) is 15.2. The first-order chi connectivity index (χ1) is 21.0. The Bertz CT molecular complexity index is 2100. The van der Waals surface area contributed by atoms with Crippen LogP contribution in [0, 0.1) is 11.6 Å². The van der Waals surface area contributed by atoms with Gasteiger partial charge >= 0.3 is 6.03 Å². The van der Waals surface area contributed by atoms with Crippen molar-refractivity contribution in [3.05, 3.63) is 117 Å². The molecule has 0 fully saturated rings. The second kappa shape index (κ2) is 12.3. The molecule has 0 aliphatic carbocycles. The van der Waals surface area contributed by atoms with Gasteiger partial charge in [0.05, 0.1) is 11.4 Å². The zero-order valence-electron chi connectivity index (χ0n) is 23.0. The monoisotopic (exact) mass is 639 g/mol. The van der Waals surface area contributed by atoms with Gasteiger partial charge in [-0.1, -0.05) is 23.7 Å². The van der Waals surface area contributed by atoms with Crippen molar-refractivity contribution in [1.82, 2.24) is 19.6 Å². The maximum atomic E-state index is 14.8. The molecule has 0 bridgehead atoms. The van der Waals surface area contributed by atoms with Crippen molar-refractivity contribution >= 4 is 50.2 Å². The molecule has 44 heavy (non-hydrogen) atoms. The van der Waals surface area contributed by atoms with Crippen LogP contribution in [0.1, 0.15) is 23.0 Å². The summed E-state index contributed by atoms with van der Waals surface area (Å²) in [6.45, 7) is 1.72. The van der Waals surface area contributed by atoms with E-state index in [9.17, 15) is 31.6 Å². The van der Waals surface area contributed by atoms with Crippen molar-refractivity contribution in [2.24, 2.45) is 0 Å². The van der Waals surface area contributed by atoms with Crippen LogP contribution in [0.3, 0.4) is 0 Å². The highest BCUT2D eigenvalue weighted by Crippen LogP contribution is 2.36. The van der Waals surface area contributed by atoms with Crippen LogP contribution in [-0.4, -0.2) is 36.5 Å². The van der Waals surface area contributed by atoms with Gasteiger partial charge < -0.3 is 20.2 Å². The minimum atomic E-state index is -4.56.